The van der Waals surface area contributed by atoms with Crippen LogP contribution in [0, 0.1) is 5.82 Å². The van der Waals surface area contributed by atoms with Gasteiger partial charge in [-0.3, -0.25) is 9.69 Å². The van der Waals surface area contributed by atoms with Gasteiger partial charge in [-0.1, -0.05) is 17.7 Å². The van der Waals surface area contributed by atoms with Gasteiger partial charge in [-0.25, -0.2) is 18.2 Å². The molecule has 1 N–H and O–H groups in total. The van der Waals surface area contributed by atoms with Crippen LogP contribution in [0.3, 0.4) is 0 Å². The molecule has 1 atom stereocenters. The lowest BCUT2D eigenvalue weighted by Crippen LogP contribution is -2.44. The Hall–Kier alpha value is -2.32. The average molecular weight is 576 g/mol. The minimum atomic E-state index is -2.76. The molecule has 1 aliphatic heterocycles. The Morgan fingerprint density at radius 1 is 1.32 bits per heavy atom. The van der Waals surface area contributed by atoms with Crippen molar-refractivity contribution in [2.24, 2.45) is 0 Å². The molecule has 8 nitrogen and oxygen atoms in total. The van der Waals surface area contributed by atoms with Crippen LogP contribution in [0.5, 0.6) is 5.19 Å². The molecule has 0 spiro atoms. The third-order valence-electron chi connectivity index (χ3n) is 5.94. The average Bonchev–Trinajstić information content (AvgIpc) is 3.54. The first-order chi connectivity index (χ1) is 17.9. The zero-order valence-electron chi connectivity index (χ0n) is 19.8. The van der Waals surface area contributed by atoms with E-state index in [0.29, 0.717) is 54.9 Å². The van der Waals surface area contributed by atoms with Crippen molar-refractivity contribution in [1.29, 1.82) is 0 Å². The van der Waals surface area contributed by atoms with E-state index in [1.807, 2.05) is 4.90 Å². The zero-order chi connectivity index (χ0) is 26.4. The number of nitrogens with one attached hydrogen (secondary N) is 1. The van der Waals surface area contributed by atoms with Crippen LogP contribution in [0.2, 0.25) is 5.02 Å². The number of halogens is 4. The topological polar surface area (TPSA) is 89.5 Å². The van der Waals surface area contributed by atoms with E-state index in [-0.39, 0.29) is 28.9 Å². The molecule has 1 fully saturated rings. The highest BCUT2D eigenvalue weighted by molar-refractivity contribution is 7.09. The summed E-state index contributed by atoms with van der Waals surface area (Å²) in [5.41, 5.74) is 0.769. The number of nitrogens with zero attached hydrogens (tertiary/aromatic N) is 4. The van der Waals surface area contributed by atoms with Gasteiger partial charge < -0.3 is 14.8 Å². The Morgan fingerprint density at radius 2 is 2.11 bits per heavy atom. The van der Waals surface area contributed by atoms with Gasteiger partial charge in [0.25, 0.3) is 17.5 Å². The molecule has 1 saturated heterocycles. The minimum Gasteiger partial charge on any atom is -0.466 e. The molecule has 1 aromatic carbocycles. The number of piperidine rings is 1. The molecule has 3 heterocycles. The van der Waals surface area contributed by atoms with Crippen LogP contribution in [-0.2, 0) is 11.2 Å². The van der Waals surface area contributed by atoms with Crippen LogP contribution < -0.4 is 10.1 Å². The Morgan fingerprint density at radius 3 is 2.81 bits per heavy atom. The van der Waals surface area contributed by atoms with Gasteiger partial charge in [0.05, 0.1) is 33.6 Å². The molecule has 3 aromatic rings. The SMILES string of the molecule is COCCc1nsc(OC2CCN(C(CNC(=O)c3c(F)cccc3Cl)c3scnc3C(F)F)CC2)n1. The Kier molecular flexibility index (Phi) is 9.71. The van der Waals surface area contributed by atoms with Crippen molar-refractivity contribution < 1.29 is 27.4 Å². The van der Waals surface area contributed by atoms with Crippen molar-refractivity contribution in [3.63, 3.8) is 0 Å². The van der Waals surface area contributed by atoms with E-state index in [9.17, 15) is 18.0 Å². The van der Waals surface area contributed by atoms with Crippen molar-refractivity contribution in [2.75, 3.05) is 33.4 Å². The van der Waals surface area contributed by atoms with Gasteiger partial charge >= 0.3 is 0 Å². The highest BCUT2D eigenvalue weighted by Crippen LogP contribution is 2.35. The molecule has 2 aromatic heterocycles. The predicted molar refractivity (Wildman–Crippen MR) is 134 cm³/mol. The van der Waals surface area contributed by atoms with Crippen LogP contribution in [0.4, 0.5) is 13.2 Å². The Balaban J connectivity index is 1.43. The van der Waals surface area contributed by atoms with Gasteiger partial charge in [0.1, 0.15) is 23.4 Å². The number of methoxy groups -OCH3 is 1. The maximum Gasteiger partial charge on any atom is 0.293 e. The normalized spacial score (nSPS) is 15.7. The molecule has 0 bridgehead atoms. The summed E-state index contributed by atoms with van der Waals surface area (Å²) in [6.07, 6.45) is -1.02. The molecule has 37 heavy (non-hydrogen) atoms. The molecule has 0 radical (unpaired) electrons. The monoisotopic (exact) mass is 575 g/mol. The number of hydrogen-bond donors (Lipinski definition) is 1. The largest absolute Gasteiger partial charge is 0.466 e. The Labute approximate surface area is 224 Å². The van der Waals surface area contributed by atoms with Gasteiger partial charge in [0.2, 0.25) is 0 Å². The van der Waals surface area contributed by atoms with Crippen LogP contribution in [0.25, 0.3) is 0 Å². The maximum absolute atomic E-state index is 14.2. The second kappa shape index (κ2) is 13.0. The number of carbonyl (C=O) groups is 1. The second-order valence-corrected chi connectivity index (χ2v) is 10.3. The second-order valence-electron chi connectivity index (χ2n) is 8.30. The molecule has 200 valence electrons. The maximum atomic E-state index is 14.2. The van der Waals surface area contributed by atoms with Crippen molar-refractivity contribution in [2.45, 2.75) is 37.8 Å². The van der Waals surface area contributed by atoms with Crippen molar-refractivity contribution in [3.8, 4) is 5.19 Å². The fourth-order valence-electron chi connectivity index (χ4n) is 4.09. The van der Waals surface area contributed by atoms with E-state index in [0.717, 1.165) is 17.4 Å². The van der Waals surface area contributed by atoms with Gasteiger partial charge in [-0.2, -0.15) is 9.36 Å². The smallest absolute Gasteiger partial charge is 0.293 e. The number of amides is 1. The number of benzene rings is 1. The first-order valence-corrected chi connectivity index (χ1v) is 13.6. The van der Waals surface area contributed by atoms with Crippen molar-refractivity contribution >= 4 is 40.4 Å². The summed E-state index contributed by atoms with van der Waals surface area (Å²) in [5, 5.41) is 3.13. The van der Waals surface area contributed by atoms with E-state index in [1.165, 1.54) is 29.2 Å². The molecular weight excluding hydrogens is 551 g/mol. The van der Waals surface area contributed by atoms with Gasteiger partial charge in [-0.05, 0) is 25.0 Å². The van der Waals surface area contributed by atoms with Gasteiger partial charge in [0.15, 0.2) is 0 Å². The molecule has 1 aliphatic rings. The van der Waals surface area contributed by atoms with E-state index in [2.05, 4.69) is 19.7 Å². The lowest BCUT2D eigenvalue weighted by atomic mass is 10.0. The van der Waals surface area contributed by atoms with Crippen LogP contribution >= 0.6 is 34.5 Å². The number of rotatable bonds is 11. The summed E-state index contributed by atoms with van der Waals surface area (Å²) < 4.78 is 56.9. The zero-order valence-corrected chi connectivity index (χ0v) is 22.2. The fourth-order valence-corrected chi connectivity index (χ4v) is 5.91. The van der Waals surface area contributed by atoms with Gasteiger partial charge in [-0.15, -0.1) is 11.3 Å². The molecule has 0 aliphatic carbocycles. The van der Waals surface area contributed by atoms with E-state index in [4.69, 9.17) is 21.1 Å². The summed E-state index contributed by atoms with van der Waals surface area (Å²) in [6, 6.07) is 3.38. The first kappa shape index (κ1) is 27.7. The van der Waals surface area contributed by atoms with Crippen LogP contribution in [-0.4, -0.2) is 64.6 Å². The number of ether oxygens (including phenoxy) is 2. The summed E-state index contributed by atoms with van der Waals surface area (Å²) in [5.74, 6) is -0.808. The van der Waals surface area contributed by atoms with Crippen molar-refractivity contribution in [1.82, 2.24) is 24.6 Å². The molecule has 4 rings (SSSR count). The summed E-state index contributed by atoms with van der Waals surface area (Å²) in [7, 11) is 1.61. The quantitative estimate of drug-likeness (QED) is 0.347. The van der Waals surface area contributed by atoms with Crippen LogP contribution in [0.15, 0.2) is 23.7 Å². The summed E-state index contributed by atoms with van der Waals surface area (Å²) in [4.78, 5) is 23.3. The highest BCUT2D eigenvalue weighted by Gasteiger charge is 2.32. The molecular formula is C23H25ClF3N5O3S2. The number of alkyl halides is 2. The summed E-state index contributed by atoms with van der Waals surface area (Å²) >= 11 is 8.30. The summed E-state index contributed by atoms with van der Waals surface area (Å²) in [6.45, 7) is 1.56. The minimum absolute atomic E-state index is 0.0177. The highest BCUT2D eigenvalue weighted by atomic mass is 35.5. The van der Waals surface area contributed by atoms with E-state index in [1.54, 1.807) is 7.11 Å². The lowest BCUT2D eigenvalue weighted by molar-refractivity contribution is 0.0700. The molecule has 1 amide bonds. The van der Waals surface area contributed by atoms with Crippen molar-refractivity contribution in [3.05, 3.63) is 56.5 Å². The Bertz CT molecular complexity index is 1170. The standard InChI is InChI=1S/C23H25ClF3N5O3S2/c1-34-10-7-17-30-23(37-31-17)35-13-5-8-32(9-6-13)16(20-19(21(26)27)29-12-36-20)11-28-22(33)18-14(24)3-2-4-15(18)25/h2-4,12-13,16,21H,5-11H2,1H3,(H,28,33). The number of aromatic nitrogens is 3. The molecule has 14 heteroatoms. The number of hydrogen-bond acceptors (Lipinski definition) is 9. The van der Waals surface area contributed by atoms with E-state index < -0.39 is 24.2 Å². The number of thiazole rings is 1. The number of carbonyl (C=O) groups excluding carboxylic acids is 1. The molecule has 1 unspecified atom stereocenters. The third-order valence-corrected chi connectivity index (χ3v) is 7.85. The molecule has 0 saturated carbocycles. The van der Waals surface area contributed by atoms with Gasteiger partial charge in [0, 0.05) is 44.7 Å². The fraction of sp³-hybridized carbons (Fsp3) is 0.478. The number of likely N-dealkylation sites (tertiary alicyclic amines) is 1. The predicted octanol–water partition coefficient (Wildman–Crippen LogP) is 4.93. The lowest BCUT2D eigenvalue weighted by Gasteiger charge is -2.37. The van der Waals surface area contributed by atoms with E-state index >= 15 is 0 Å². The third kappa shape index (κ3) is 6.96. The first-order valence-electron chi connectivity index (χ1n) is 11.5. The van der Waals surface area contributed by atoms with Crippen LogP contribution in [0.1, 0.15) is 52.1 Å².